The van der Waals surface area contributed by atoms with Crippen molar-refractivity contribution in [2.75, 3.05) is 6.61 Å². The van der Waals surface area contributed by atoms with Crippen LogP contribution in [0.5, 0.6) is 0 Å². The third kappa shape index (κ3) is 1.50. The lowest BCUT2D eigenvalue weighted by Gasteiger charge is -2.28. The Morgan fingerprint density at radius 3 is 3.15 bits per heavy atom. The zero-order valence-electron chi connectivity index (χ0n) is 8.03. The highest BCUT2D eigenvalue weighted by atomic mass is 16.5. The highest BCUT2D eigenvalue weighted by Gasteiger charge is 2.23. The van der Waals surface area contributed by atoms with E-state index in [9.17, 15) is 0 Å². The Kier molecular flexibility index (Phi) is 2.16. The molecule has 0 saturated carbocycles. The van der Waals surface area contributed by atoms with E-state index in [1.165, 1.54) is 0 Å². The van der Waals surface area contributed by atoms with Crippen molar-refractivity contribution in [3.8, 4) is 0 Å². The van der Waals surface area contributed by atoms with Crippen LogP contribution in [0.4, 0.5) is 0 Å². The molecule has 2 rings (SSSR count). The maximum absolute atomic E-state index is 5.63. The molecule has 4 heteroatoms. The summed E-state index contributed by atoms with van der Waals surface area (Å²) in [5, 5.41) is 0. The smallest absolute Gasteiger partial charge is 0.143 e. The molecule has 0 fully saturated rings. The Morgan fingerprint density at radius 1 is 1.69 bits per heavy atom. The summed E-state index contributed by atoms with van der Waals surface area (Å²) in [6.45, 7) is 5.71. The SMILES string of the molecule is [B]c1cn2c(n1)COCC2C(C)C. The van der Waals surface area contributed by atoms with Crippen molar-refractivity contribution in [1.82, 2.24) is 9.55 Å². The number of aromatic nitrogens is 2. The summed E-state index contributed by atoms with van der Waals surface area (Å²) >= 11 is 0. The van der Waals surface area contributed by atoms with Crippen LogP contribution < -0.4 is 5.59 Å². The lowest BCUT2D eigenvalue weighted by molar-refractivity contribution is 0.0397. The van der Waals surface area contributed by atoms with Gasteiger partial charge in [-0.1, -0.05) is 13.8 Å². The van der Waals surface area contributed by atoms with Crippen molar-refractivity contribution in [2.45, 2.75) is 26.5 Å². The van der Waals surface area contributed by atoms with E-state index >= 15 is 0 Å². The second-order valence-electron chi connectivity index (χ2n) is 3.82. The first kappa shape index (κ1) is 8.82. The summed E-state index contributed by atoms with van der Waals surface area (Å²) < 4.78 is 7.59. The van der Waals surface area contributed by atoms with Crippen LogP contribution in [-0.4, -0.2) is 24.0 Å². The molecule has 1 aliphatic heterocycles. The number of fused-ring (bicyclic) bond motifs is 1. The van der Waals surface area contributed by atoms with Crippen molar-refractivity contribution >= 4 is 13.4 Å². The summed E-state index contributed by atoms with van der Waals surface area (Å²) in [5.74, 6) is 1.50. The van der Waals surface area contributed by atoms with Crippen LogP contribution in [0.2, 0.25) is 0 Å². The molecule has 3 nitrogen and oxygen atoms in total. The fourth-order valence-corrected chi connectivity index (χ4v) is 1.71. The largest absolute Gasteiger partial charge is 0.371 e. The molecule has 2 heterocycles. The summed E-state index contributed by atoms with van der Waals surface area (Å²) in [7, 11) is 5.63. The fourth-order valence-electron chi connectivity index (χ4n) is 1.71. The zero-order chi connectivity index (χ0) is 9.42. The molecule has 1 aromatic rings. The standard InChI is InChI=1S/C9H13BN2O/c1-6(2)7-4-13-5-9-11-8(10)3-12(7)9/h3,6-7H,4-5H2,1-2H3. The normalized spacial score (nSPS) is 21.9. The summed E-state index contributed by atoms with van der Waals surface area (Å²) in [4.78, 5) is 4.20. The molecule has 68 valence electrons. The van der Waals surface area contributed by atoms with Gasteiger partial charge < -0.3 is 9.30 Å². The fraction of sp³-hybridized carbons (Fsp3) is 0.667. The molecular formula is C9H13BN2O. The third-order valence-corrected chi connectivity index (χ3v) is 2.47. The maximum atomic E-state index is 5.63. The molecule has 0 spiro atoms. The average molecular weight is 176 g/mol. The monoisotopic (exact) mass is 176 g/mol. The van der Waals surface area contributed by atoms with Crippen LogP contribution in [-0.2, 0) is 11.3 Å². The van der Waals surface area contributed by atoms with Crippen LogP contribution in [0.25, 0.3) is 0 Å². The van der Waals surface area contributed by atoms with Crippen LogP contribution in [0, 0.1) is 5.92 Å². The predicted molar refractivity (Wildman–Crippen MR) is 51.1 cm³/mol. The third-order valence-electron chi connectivity index (χ3n) is 2.47. The van der Waals surface area contributed by atoms with Gasteiger partial charge in [0.2, 0.25) is 0 Å². The molecule has 2 radical (unpaired) electrons. The van der Waals surface area contributed by atoms with Gasteiger partial charge in [0.25, 0.3) is 0 Å². The van der Waals surface area contributed by atoms with Gasteiger partial charge in [-0.2, -0.15) is 0 Å². The Morgan fingerprint density at radius 2 is 2.46 bits per heavy atom. The van der Waals surface area contributed by atoms with E-state index in [1.807, 2.05) is 6.20 Å². The molecule has 1 unspecified atom stereocenters. The number of hydrogen-bond donors (Lipinski definition) is 0. The highest BCUT2D eigenvalue weighted by Crippen LogP contribution is 2.23. The number of ether oxygens (including phenoxy) is 1. The average Bonchev–Trinajstić information content (AvgIpc) is 2.43. The van der Waals surface area contributed by atoms with Crippen molar-refractivity contribution in [3.63, 3.8) is 0 Å². The van der Waals surface area contributed by atoms with E-state index < -0.39 is 0 Å². The molecule has 0 aliphatic carbocycles. The quantitative estimate of drug-likeness (QED) is 0.579. The Hall–Kier alpha value is -0.765. The number of rotatable bonds is 1. The van der Waals surface area contributed by atoms with Gasteiger partial charge in [0.15, 0.2) is 0 Å². The van der Waals surface area contributed by atoms with Gasteiger partial charge in [-0.05, 0) is 5.92 Å². The topological polar surface area (TPSA) is 27.1 Å². The van der Waals surface area contributed by atoms with Crippen LogP contribution in [0.15, 0.2) is 6.20 Å². The van der Waals surface area contributed by atoms with Gasteiger partial charge in [0.05, 0.1) is 12.6 Å². The van der Waals surface area contributed by atoms with E-state index in [4.69, 9.17) is 12.6 Å². The van der Waals surface area contributed by atoms with Gasteiger partial charge in [0.1, 0.15) is 20.3 Å². The minimum absolute atomic E-state index is 0.383. The number of nitrogens with zero attached hydrogens (tertiary/aromatic N) is 2. The lowest BCUT2D eigenvalue weighted by atomic mass is 10.0. The molecule has 0 bridgehead atoms. The van der Waals surface area contributed by atoms with Gasteiger partial charge in [0, 0.05) is 11.8 Å². The van der Waals surface area contributed by atoms with Crippen LogP contribution in [0.3, 0.4) is 0 Å². The molecule has 0 aromatic carbocycles. The van der Waals surface area contributed by atoms with Crippen molar-refractivity contribution in [1.29, 1.82) is 0 Å². The maximum Gasteiger partial charge on any atom is 0.143 e. The van der Waals surface area contributed by atoms with Crippen molar-refractivity contribution in [2.24, 2.45) is 5.92 Å². The van der Waals surface area contributed by atoms with E-state index in [1.54, 1.807) is 0 Å². The van der Waals surface area contributed by atoms with Gasteiger partial charge in [-0.15, -0.1) is 0 Å². The van der Waals surface area contributed by atoms with Gasteiger partial charge >= 0.3 is 0 Å². The van der Waals surface area contributed by atoms with Crippen molar-refractivity contribution < 1.29 is 4.74 Å². The molecule has 1 aromatic heterocycles. The summed E-state index contributed by atoms with van der Waals surface area (Å²) in [6, 6.07) is 0.383. The second-order valence-corrected chi connectivity index (χ2v) is 3.82. The summed E-state index contributed by atoms with van der Waals surface area (Å²) in [6.07, 6.45) is 1.91. The minimum Gasteiger partial charge on any atom is -0.371 e. The molecule has 0 saturated heterocycles. The molecule has 1 aliphatic rings. The molecule has 0 amide bonds. The van der Waals surface area contributed by atoms with E-state index in [0.717, 1.165) is 12.4 Å². The van der Waals surface area contributed by atoms with Gasteiger partial charge in [-0.25, -0.2) is 4.98 Å². The Balaban J connectivity index is 2.36. The lowest BCUT2D eigenvalue weighted by Crippen LogP contribution is -2.27. The van der Waals surface area contributed by atoms with E-state index in [2.05, 4.69) is 23.4 Å². The molecule has 13 heavy (non-hydrogen) atoms. The van der Waals surface area contributed by atoms with Gasteiger partial charge in [-0.3, -0.25) is 0 Å². The first-order valence-electron chi connectivity index (χ1n) is 4.59. The number of imidazole rings is 1. The summed E-state index contributed by atoms with van der Waals surface area (Å²) in [5.41, 5.74) is 0.589. The van der Waals surface area contributed by atoms with Crippen LogP contribution in [0.1, 0.15) is 25.7 Å². The minimum atomic E-state index is 0.383. The first-order valence-corrected chi connectivity index (χ1v) is 4.59. The van der Waals surface area contributed by atoms with Crippen LogP contribution >= 0.6 is 0 Å². The predicted octanol–water partition coefficient (Wildman–Crippen LogP) is 0.404. The Labute approximate surface area is 79.5 Å². The van der Waals surface area contributed by atoms with E-state index in [0.29, 0.717) is 24.2 Å². The number of hydrogen-bond acceptors (Lipinski definition) is 2. The Bertz CT molecular complexity index is 309. The van der Waals surface area contributed by atoms with E-state index in [-0.39, 0.29) is 0 Å². The highest BCUT2D eigenvalue weighted by molar-refractivity contribution is 6.30. The molecule has 1 atom stereocenters. The second kappa shape index (κ2) is 3.18. The molecule has 0 N–H and O–H groups in total. The molecular weight excluding hydrogens is 163 g/mol. The first-order chi connectivity index (χ1) is 6.18. The van der Waals surface area contributed by atoms with Crippen molar-refractivity contribution in [3.05, 3.63) is 12.0 Å². The zero-order valence-corrected chi connectivity index (χ0v) is 8.03.